The maximum atomic E-state index is 11.9. The van der Waals surface area contributed by atoms with Gasteiger partial charge >= 0.3 is 0 Å². The van der Waals surface area contributed by atoms with Crippen molar-refractivity contribution in [3.8, 4) is 5.75 Å². The second kappa shape index (κ2) is 6.06. The van der Waals surface area contributed by atoms with Gasteiger partial charge in [-0.15, -0.1) is 0 Å². The van der Waals surface area contributed by atoms with Crippen molar-refractivity contribution >= 4 is 5.91 Å². The van der Waals surface area contributed by atoms with Crippen LogP contribution < -0.4 is 10.6 Å². The Bertz CT molecular complexity index is 440. The fourth-order valence-corrected chi connectivity index (χ4v) is 2.41. The first-order chi connectivity index (χ1) is 9.09. The molecule has 4 nitrogen and oxygen atoms in total. The van der Waals surface area contributed by atoms with E-state index in [4.69, 9.17) is 0 Å². The predicted molar refractivity (Wildman–Crippen MR) is 75.0 cm³/mol. The molecule has 0 aromatic heterocycles. The summed E-state index contributed by atoms with van der Waals surface area (Å²) in [7, 11) is 0. The van der Waals surface area contributed by atoms with Crippen molar-refractivity contribution in [3.05, 3.63) is 29.8 Å². The lowest BCUT2D eigenvalue weighted by atomic mass is 9.81. The Morgan fingerprint density at radius 2 is 2.05 bits per heavy atom. The highest BCUT2D eigenvalue weighted by Gasteiger charge is 2.26. The Balaban J connectivity index is 1.83. The van der Waals surface area contributed by atoms with Crippen LogP contribution in [-0.4, -0.2) is 30.6 Å². The zero-order valence-corrected chi connectivity index (χ0v) is 11.4. The molecule has 104 valence electrons. The summed E-state index contributed by atoms with van der Waals surface area (Å²) in [5.41, 5.74) is 0.870. The molecule has 1 aromatic rings. The minimum atomic E-state index is -0.0266. The van der Waals surface area contributed by atoms with E-state index < -0.39 is 0 Å². The first-order valence-corrected chi connectivity index (χ1v) is 6.83. The van der Waals surface area contributed by atoms with Crippen molar-refractivity contribution in [2.24, 2.45) is 5.41 Å². The van der Waals surface area contributed by atoms with Gasteiger partial charge in [-0.05, 0) is 37.4 Å². The number of para-hydroxylation sites is 1. The van der Waals surface area contributed by atoms with E-state index in [2.05, 4.69) is 17.6 Å². The molecule has 0 saturated carbocycles. The monoisotopic (exact) mass is 262 g/mol. The van der Waals surface area contributed by atoms with Gasteiger partial charge in [0.15, 0.2) is 0 Å². The third kappa shape index (κ3) is 3.96. The Hall–Kier alpha value is -1.55. The van der Waals surface area contributed by atoms with Crippen LogP contribution >= 0.6 is 0 Å². The number of rotatable bonds is 4. The molecule has 3 N–H and O–H groups in total. The van der Waals surface area contributed by atoms with Crippen LogP contribution in [0.3, 0.4) is 0 Å². The zero-order valence-electron chi connectivity index (χ0n) is 11.4. The smallest absolute Gasteiger partial charge is 0.224 e. The lowest BCUT2D eigenvalue weighted by molar-refractivity contribution is -0.121. The van der Waals surface area contributed by atoms with Gasteiger partial charge in [0, 0.05) is 12.1 Å². The van der Waals surface area contributed by atoms with Gasteiger partial charge in [-0.2, -0.15) is 0 Å². The number of hydrogen-bond acceptors (Lipinski definition) is 3. The predicted octanol–water partition coefficient (Wildman–Crippen LogP) is 1.44. The molecule has 4 heteroatoms. The van der Waals surface area contributed by atoms with E-state index in [0.717, 1.165) is 25.9 Å². The highest BCUT2D eigenvalue weighted by Crippen LogP contribution is 2.26. The molecule has 1 aliphatic heterocycles. The van der Waals surface area contributed by atoms with Crippen LogP contribution in [0.1, 0.15) is 25.3 Å². The standard InChI is InChI=1S/C15H22N2O2/c1-15(6-8-16-9-7-15)11-17-14(19)10-12-4-2-3-5-13(12)18/h2-5,16,18H,6-11H2,1H3,(H,17,19). The molecule has 1 heterocycles. The van der Waals surface area contributed by atoms with Crippen molar-refractivity contribution in [1.82, 2.24) is 10.6 Å². The molecular formula is C15H22N2O2. The Labute approximate surface area is 114 Å². The fourth-order valence-electron chi connectivity index (χ4n) is 2.41. The summed E-state index contributed by atoms with van der Waals surface area (Å²) in [5, 5.41) is 16.0. The molecule has 0 spiro atoms. The van der Waals surface area contributed by atoms with Crippen LogP contribution in [0.2, 0.25) is 0 Å². The summed E-state index contributed by atoms with van der Waals surface area (Å²) in [4.78, 5) is 11.9. The van der Waals surface area contributed by atoms with E-state index in [-0.39, 0.29) is 23.5 Å². The van der Waals surface area contributed by atoms with Gasteiger partial charge < -0.3 is 15.7 Å². The molecule has 1 amide bonds. The highest BCUT2D eigenvalue weighted by molar-refractivity contribution is 5.79. The van der Waals surface area contributed by atoms with E-state index in [1.54, 1.807) is 18.2 Å². The van der Waals surface area contributed by atoms with E-state index in [0.29, 0.717) is 12.1 Å². The molecule has 0 aliphatic carbocycles. The molecule has 1 aliphatic rings. The molecule has 2 rings (SSSR count). The van der Waals surface area contributed by atoms with Gasteiger partial charge in [0.1, 0.15) is 5.75 Å². The van der Waals surface area contributed by atoms with Crippen molar-refractivity contribution in [1.29, 1.82) is 0 Å². The van der Waals surface area contributed by atoms with E-state index >= 15 is 0 Å². The summed E-state index contributed by atoms with van der Waals surface area (Å²) in [6.07, 6.45) is 2.41. The lowest BCUT2D eigenvalue weighted by Gasteiger charge is -2.34. The van der Waals surface area contributed by atoms with Crippen molar-refractivity contribution in [2.75, 3.05) is 19.6 Å². The van der Waals surface area contributed by atoms with Gasteiger partial charge in [0.05, 0.1) is 6.42 Å². The van der Waals surface area contributed by atoms with Gasteiger partial charge in [-0.1, -0.05) is 25.1 Å². The molecule has 1 saturated heterocycles. The van der Waals surface area contributed by atoms with E-state index in [9.17, 15) is 9.90 Å². The quantitative estimate of drug-likeness (QED) is 0.769. The minimum absolute atomic E-state index is 0.0266. The molecule has 0 bridgehead atoms. The number of carbonyl (C=O) groups is 1. The molecule has 0 radical (unpaired) electrons. The SMILES string of the molecule is CC1(CNC(=O)Cc2ccccc2O)CCNCC1. The van der Waals surface area contributed by atoms with Crippen LogP contribution in [0.4, 0.5) is 0 Å². The van der Waals surface area contributed by atoms with Crippen LogP contribution in [0.25, 0.3) is 0 Å². The summed E-state index contributed by atoms with van der Waals surface area (Å²) < 4.78 is 0. The Morgan fingerprint density at radius 3 is 2.74 bits per heavy atom. The van der Waals surface area contributed by atoms with Gasteiger partial charge in [0.2, 0.25) is 5.91 Å². The molecule has 1 aromatic carbocycles. The van der Waals surface area contributed by atoms with Crippen molar-refractivity contribution in [2.45, 2.75) is 26.2 Å². The molecule has 1 fully saturated rings. The third-order valence-electron chi connectivity index (χ3n) is 3.87. The van der Waals surface area contributed by atoms with Crippen LogP contribution in [0.15, 0.2) is 24.3 Å². The number of phenols is 1. The van der Waals surface area contributed by atoms with Crippen LogP contribution in [0.5, 0.6) is 5.75 Å². The topological polar surface area (TPSA) is 61.4 Å². The largest absolute Gasteiger partial charge is 0.508 e. The average Bonchev–Trinajstić information content (AvgIpc) is 2.40. The number of aromatic hydroxyl groups is 1. The number of piperidine rings is 1. The average molecular weight is 262 g/mol. The lowest BCUT2D eigenvalue weighted by Crippen LogP contribution is -2.43. The zero-order chi connectivity index (χ0) is 13.7. The maximum absolute atomic E-state index is 11.9. The fraction of sp³-hybridized carbons (Fsp3) is 0.533. The number of hydrogen-bond donors (Lipinski definition) is 3. The summed E-state index contributed by atoms with van der Waals surface area (Å²) >= 11 is 0. The Kier molecular flexibility index (Phi) is 4.43. The third-order valence-corrected chi connectivity index (χ3v) is 3.87. The van der Waals surface area contributed by atoms with Crippen LogP contribution in [-0.2, 0) is 11.2 Å². The first kappa shape index (κ1) is 13.9. The molecule has 0 atom stereocenters. The number of benzene rings is 1. The number of carbonyl (C=O) groups excluding carboxylic acids is 1. The normalized spacial score (nSPS) is 17.9. The van der Waals surface area contributed by atoms with Gasteiger partial charge in [-0.25, -0.2) is 0 Å². The summed E-state index contributed by atoms with van der Waals surface area (Å²) in [6.45, 7) is 4.97. The van der Waals surface area contributed by atoms with Gasteiger partial charge in [0.25, 0.3) is 0 Å². The molecule has 0 unspecified atom stereocenters. The highest BCUT2D eigenvalue weighted by atomic mass is 16.3. The van der Waals surface area contributed by atoms with E-state index in [1.807, 2.05) is 6.07 Å². The number of nitrogens with one attached hydrogen (secondary N) is 2. The molecular weight excluding hydrogens is 240 g/mol. The van der Waals surface area contributed by atoms with Crippen LogP contribution in [0, 0.1) is 5.41 Å². The van der Waals surface area contributed by atoms with Crippen molar-refractivity contribution < 1.29 is 9.90 Å². The maximum Gasteiger partial charge on any atom is 0.224 e. The number of amides is 1. The summed E-state index contributed by atoms with van der Waals surface area (Å²) in [6, 6.07) is 6.97. The minimum Gasteiger partial charge on any atom is -0.508 e. The first-order valence-electron chi connectivity index (χ1n) is 6.83. The Morgan fingerprint density at radius 1 is 1.37 bits per heavy atom. The van der Waals surface area contributed by atoms with Crippen molar-refractivity contribution in [3.63, 3.8) is 0 Å². The van der Waals surface area contributed by atoms with E-state index in [1.165, 1.54) is 0 Å². The summed E-state index contributed by atoms with van der Waals surface area (Å²) in [5.74, 6) is 0.159. The number of phenolic OH excluding ortho intramolecular Hbond substituents is 1. The van der Waals surface area contributed by atoms with Gasteiger partial charge in [-0.3, -0.25) is 4.79 Å². The second-order valence-corrected chi connectivity index (χ2v) is 5.64. The molecule has 19 heavy (non-hydrogen) atoms. The second-order valence-electron chi connectivity index (χ2n) is 5.64.